The number of hydrogen-bond donors (Lipinski definition) is 3. The second-order valence-electron chi connectivity index (χ2n) is 3.53. The first-order valence-electron chi connectivity index (χ1n) is 5.52. The van der Waals surface area contributed by atoms with Gasteiger partial charge in [-0.25, -0.2) is 9.59 Å². The van der Waals surface area contributed by atoms with Gasteiger partial charge in [0.1, 0.15) is 5.56 Å². The Hall–Kier alpha value is -2.19. The Morgan fingerprint density at radius 1 is 1.42 bits per heavy atom. The molecule has 0 saturated heterocycles. The van der Waals surface area contributed by atoms with Gasteiger partial charge in [-0.1, -0.05) is 17.7 Å². The number of urea groups is 1. The quantitative estimate of drug-likeness (QED) is 0.586. The van der Waals surface area contributed by atoms with Crippen LogP contribution in [0.25, 0.3) is 0 Å². The maximum atomic E-state index is 11.6. The van der Waals surface area contributed by atoms with E-state index >= 15 is 0 Å². The number of amides is 2. The molecule has 0 spiro atoms. The summed E-state index contributed by atoms with van der Waals surface area (Å²) in [5.74, 6) is 4.31. The van der Waals surface area contributed by atoms with Crippen molar-refractivity contribution in [2.75, 3.05) is 11.9 Å². The summed E-state index contributed by atoms with van der Waals surface area (Å²) >= 11 is 5.78. The SMILES string of the molecule is CC#CCCNC(=O)Nc1cccc(Cl)c1C(=O)O. The van der Waals surface area contributed by atoms with Crippen molar-refractivity contribution >= 4 is 29.3 Å². The van der Waals surface area contributed by atoms with Crippen molar-refractivity contribution in [3.05, 3.63) is 28.8 Å². The summed E-state index contributed by atoms with van der Waals surface area (Å²) in [4.78, 5) is 22.6. The monoisotopic (exact) mass is 280 g/mol. The van der Waals surface area contributed by atoms with Crippen LogP contribution in [0.2, 0.25) is 5.02 Å². The number of carboxylic acid groups (broad SMARTS) is 1. The van der Waals surface area contributed by atoms with E-state index in [2.05, 4.69) is 22.5 Å². The topological polar surface area (TPSA) is 78.4 Å². The predicted molar refractivity (Wildman–Crippen MR) is 73.5 cm³/mol. The van der Waals surface area contributed by atoms with Crippen LogP contribution in [0.3, 0.4) is 0 Å². The minimum atomic E-state index is -1.20. The summed E-state index contributed by atoms with van der Waals surface area (Å²) in [6.45, 7) is 2.10. The van der Waals surface area contributed by atoms with E-state index in [0.717, 1.165) is 0 Å². The molecule has 0 aliphatic rings. The number of hydrogen-bond acceptors (Lipinski definition) is 2. The van der Waals surface area contributed by atoms with Crippen LogP contribution < -0.4 is 10.6 Å². The Balaban J connectivity index is 2.71. The van der Waals surface area contributed by atoms with Crippen LogP contribution >= 0.6 is 11.6 Å². The molecule has 19 heavy (non-hydrogen) atoms. The van der Waals surface area contributed by atoms with Crippen LogP contribution in [0.1, 0.15) is 23.7 Å². The first-order valence-corrected chi connectivity index (χ1v) is 5.90. The third kappa shape index (κ3) is 4.53. The second-order valence-corrected chi connectivity index (χ2v) is 3.93. The van der Waals surface area contributed by atoms with Crippen molar-refractivity contribution in [3.63, 3.8) is 0 Å². The average Bonchev–Trinajstić information content (AvgIpc) is 2.34. The molecule has 1 rings (SSSR count). The van der Waals surface area contributed by atoms with Crippen LogP contribution in [-0.4, -0.2) is 23.7 Å². The average molecular weight is 281 g/mol. The highest BCUT2D eigenvalue weighted by Gasteiger charge is 2.15. The molecule has 6 heteroatoms. The van der Waals surface area contributed by atoms with Crippen LogP contribution in [0.5, 0.6) is 0 Å². The van der Waals surface area contributed by atoms with E-state index in [1.807, 2.05) is 0 Å². The zero-order valence-corrected chi connectivity index (χ0v) is 11.0. The molecule has 0 heterocycles. The summed E-state index contributed by atoms with van der Waals surface area (Å²) in [5.41, 5.74) is 0.0201. The van der Waals surface area contributed by atoms with Gasteiger partial charge in [0, 0.05) is 13.0 Å². The number of nitrogens with one attached hydrogen (secondary N) is 2. The maximum absolute atomic E-state index is 11.6. The summed E-state index contributed by atoms with van der Waals surface area (Å²) in [5, 5.41) is 14.1. The molecule has 100 valence electrons. The van der Waals surface area contributed by atoms with Crippen molar-refractivity contribution < 1.29 is 14.7 Å². The molecule has 0 radical (unpaired) electrons. The van der Waals surface area contributed by atoms with E-state index in [1.54, 1.807) is 13.0 Å². The molecule has 1 aromatic rings. The lowest BCUT2D eigenvalue weighted by atomic mass is 10.2. The molecular formula is C13H13ClN2O3. The zero-order chi connectivity index (χ0) is 14.3. The van der Waals surface area contributed by atoms with Gasteiger partial charge in [-0.05, 0) is 19.1 Å². The van der Waals surface area contributed by atoms with E-state index in [1.165, 1.54) is 12.1 Å². The first kappa shape index (κ1) is 14.9. The van der Waals surface area contributed by atoms with E-state index in [9.17, 15) is 9.59 Å². The minimum Gasteiger partial charge on any atom is -0.478 e. The summed E-state index contributed by atoms with van der Waals surface area (Å²) in [6.07, 6.45) is 0.533. The van der Waals surface area contributed by atoms with E-state index in [-0.39, 0.29) is 16.3 Å². The van der Waals surface area contributed by atoms with Gasteiger partial charge < -0.3 is 15.7 Å². The van der Waals surface area contributed by atoms with Crippen molar-refractivity contribution in [1.82, 2.24) is 5.32 Å². The normalized spacial score (nSPS) is 9.16. The Kier molecular flexibility index (Phi) is 5.71. The highest BCUT2D eigenvalue weighted by Crippen LogP contribution is 2.24. The molecule has 5 nitrogen and oxygen atoms in total. The molecule has 1 aromatic carbocycles. The number of halogens is 1. The maximum Gasteiger partial charge on any atom is 0.339 e. The molecule has 0 fully saturated rings. The highest BCUT2D eigenvalue weighted by atomic mass is 35.5. The third-order valence-electron chi connectivity index (χ3n) is 2.19. The Bertz CT molecular complexity index is 547. The van der Waals surface area contributed by atoms with E-state index in [0.29, 0.717) is 13.0 Å². The van der Waals surface area contributed by atoms with Gasteiger partial charge in [-0.15, -0.1) is 11.8 Å². The van der Waals surface area contributed by atoms with E-state index in [4.69, 9.17) is 16.7 Å². The molecule has 3 N–H and O–H groups in total. The Morgan fingerprint density at radius 3 is 2.79 bits per heavy atom. The Labute approximate surface area is 116 Å². The van der Waals surface area contributed by atoms with Gasteiger partial charge >= 0.3 is 12.0 Å². The van der Waals surface area contributed by atoms with Crippen LogP contribution in [0.4, 0.5) is 10.5 Å². The molecule has 0 aliphatic heterocycles. The number of aromatic carboxylic acids is 1. The summed E-state index contributed by atoms with van der Waals surface area (Å²) in [6, 6.07) is 3.99. The smallest absolute Gasteiger partial charge is 0.339 e. The number of carbonyl (C=O) groups excluding carboxylic acids is 1. The highest BCUT2D eigenvalue weighted by molar-refractivity contribution is 6.34. The van der Waals surface area contributed by atoms with Gasteiger partial charge in [-0.3, -0.25) is 0 Å². The minimum absolute atomic E-state index is 0.0714. The van der Waals surface area contributed by atoms with Crippen molar-refractivity contribution in [2.45, 2.75) is 13.3 Å². The fourth-order valence-electron chi connectivity index (χ4n) is 1.38. The fraction of sp³-hybridized carbons (Fsp3) is 0.231. The number of rotatable bonds is 4. The molecular weight excluding hydrogens is 268 g/mol. The summed E-state index contributed by atoms with van der Waals surface area (Å²) < 4.78 is 0. The molecule has 0 unspecified atom stereocenters. The lowest BCUT2D eigenvalue weighted by molar-refractivity contribution is 0.0698. The largest absolute Gasteiger partial charge is 0.478 e. The number of carbonyl (C=O) groups is 2. The summed E-state index contributed by atoms with van der Waals surface area (Å²) in [7, 11) is 0. The predicted octanol–water partition coefficient (Wildman–Crippen LogP) is 2.57. The van der Waals surface area contributed by atoms with Gasteiger partial charge in [-0.2, -0.15) is 0 Å². The lowest BCUT2D eigenvalue weighted by Crippen LogP contribution is -2.30. The standard InChI is InChI=1S/C13H13ClN2O3/c1-2-3-4-8-15-13(19)16-10-7-5-6-9(14)11(10)12(17)18/h5-7H,4,8H2,1H3,(H,17,18)(H2,15,16,19). The molecule has 2 amide bonds. The third-order valence-corrected chi connectivity index (χ3v) is 2.50. The van der Waals surface area contributed by atoms with Gasteiger partial charge in [0.2, 0.25) is 0 Å². The number of carboxylic acids is 1. The first-order chi connectivity index (χ1) is 9.06. The van der Waals surface area contributed by atoms with Gasteiger partial charge in [0.05, 0.1) is 10.7 Å². The van der Waals surface area contributed by atoms with E-state index < -0.39 is 12.0 Å². The number of benzene rings is 1. The lowest BCUT2D eigenvalue weighted by Gasteiger charge is -2.10. The van der Waals surface area contributed by atoms with Gasteiger partial charge in [0.15, 0.2) is 0 Å². The molecule has 0 aliphatic carbocycles. The second kappa shape index (κ2) is 7.29. The molecule has 0 atom stereocenters. The van der Waals surface area contributed by atoms with Crippen LogP contribution in [0, 0.1) is 11.8 Å². The van der Waals surface area contributed by atoms with Crippen molar-refractivity contribution in [3.8, 4) is 11.8 Å². The molecule has 0 bridgehead atoms. The Morgan fingerprint density at radius 2 is 2.16 bits per heavy atom. The van der Waals surface area contributed by atoms with Crippen molar-refractivity contribution in [1.29, 1.82) is 0 Å². The molecule has 0 saturated carbocycles. The van der Waals surface area contributed by atoms with Crippen LogP contribution in [0.15, 0.2) is 18.2 Å². The van der Waals surface area contributed by atoms with Crippen molar-refractivity contribution in [2.24, 2.45) is 0 Å². The molecule has 0 aromatic heterocycles. The van der Waals surface area contributed by atoms with Gasteiger partial charge in [0.25, 0.3) is 0 Å². The number of anilines is 1. The fourth-order valence-corrected chi connectivity index (χ4v) is 1.63. The zero-order valence-electron chi connectivity index (χ0n) is 10.3. The van der Waals surface area contributed by atoms with Crippen LogP contribution in [-0.2, 0) is 0 Å².